The van der Waals surface area contributed by atoms with Crippen molar-refractivity contribution >= 4 is 11.5 Å². The van der Waals surface area contributed by atoms with Crippen molar-refractivity contribution in [1.29, 1.82) is 0 Å². The first-order valence-electron chi connectivity index (χ1n) is 3.80. The van der Waals surface area contributed by atoms with Crippen LogP contribution >= 0.6 is 0 Å². The van der Waals surface area contributed by atoms with Crippen LogP contribution in [0.15, 0.2) is 18.2 Å². The van der Waals surface area contributed by atoms with E-state index in [0.717, 1.165) is 5.56 Å². The van der Waals surface area contributed by atoms with Crippen LogP contribution < -0.4 is 0 Å². The number of benzene rings is 1. The third-order valence-corrected chi connectivity index (χ3v) is 1.74. The summed E-state index contributed by atoms with van der Waals surface area (Å²) in [6, 6.07) is 4.70. The van der Waals surface area contributed by atoms with Gasteiger partial charge in [-0.3, -0.25) is 4.79 Å². The van der Waals surface area contributed by atoms with Crippen molar-refractivity contribution in [3.8, 4) is 0 Å². The summed E-state index contributed by atoms with van der Waals surface area (Å²) in [6.45, 7) is 3.12. The van der Waals surface area contributed by atoms with E-state index in [-0.39, 0.29) is 22.0 Å². The summed E-state index contributed by atoms with van der Waals surface area (Å²) in [5.41, 5.74) is 1.03. The highest BCUT2D eigenvalue weighted by Crippen LogP contribution is 2.19. The van der Waals surface area contributed by atoms with Crippen LogP contribution in [0.4, 0.5) is 5.69 Å². The van der Waals surface area contributed by atoms with Crippen molar-refractivity contribution in [2.75, 3.05) is 0 Å². The lowest BCUT2D eigenvalue weighted by molar-refractivity contribution is -0.729. The zero-order chi connectivity index (χ0) is 10.0. The predicted molar refractivity (Wildman–Crippen MR) is 46.3 cm³/mol. The van der Waals surface area contributed by atoms with Crippen LogP contribution in [0.1, 0.15) is 22.8 Å². The van der Waals surface area contributed by atoms with Gasteiger partial charge in [-0.05, 0) is 25.5 Å². The quantitative estimate of drug-likeness (QED) is 0.559. The molecule has 4 nitrogen and oxygen atoms in total. The number of aryl methyl sites for hydroxylation is 1. The van der Waals surface area contributed by atoms with Crippen molar-refractivity contribution < 1.29 is 14.9 Å². The first-order chi connectivity index (χ1) is 6.02. The molecule has 0 saturated carbocycles. The molecule has 0 spiro atoms. The second kappa shape index (κ2) is 3.35. The van der Waals surface area contributed by atoms with E-state index in [4.69, 9.17) is 5.21 Å². The number of hydrogen-bond donors (Lipinski definition) is 1. The van der Waals surface area contributed by atoms with E-state index < -0.39 is 0 Å². The third-order valence-electron chi connectivity index (χ3n) is 1.74. The van der Waals surface area contributed by atoms with Gasteiger partial charge in [-0.15, -0.1) is 0 Å². The Kier molecular flexibility index (Phi) is 2.41. The van der Waals surface area contributed by atoms with Gasteiger partial charge in [0.2, 0.25) is 0 Å². The van der Waals surface area contributed by atoms with Crippen molar-refractivity contribution in [2.45, 2.75) is 13.8 Å². The number of hydrogen-bond acceptors (Lipinski definition) is 2. The van der Waals surface area contributed by atoms with Crippen molar-refractivity contribution in [3.63, 3.8) is 0 Å². The Bertz CT molecular complexity index is 371. The standard InChI is InChI=1S/C9H10NO3/c1-6-3-4-8(7(2)11)9(5-6)10(12)13/h3-5H,1-2H3,(H,12,13)/q+1. The Morgan fingerprint density at radius 2 is 2.08 bits per heavy atom. The van der Waals surface area contributed by atoms with Crippen LogP contribution in [0.5, 0.6) is 0 Å². The number of carbonyl (C=O) groups is 1. The molecule has 0 atom stereocenters. The topological polar surface area (TPSA) is 57.4 Å². The zero-order valence-electron chi connectivity index (χ0n) is 7.44. The zero-order valence-corrected chi connectivity index (χ0v) is 7.44. The second-order valence-electron chi connectivity index (χ2n) is 2.85. The van der Waals surface area contributed by atoms with E-state index in [1.807, 2.05) is 0 Å². The SMILES string of the molecule is CC(=O)c1ccc(C)cc1[N+](=O)O. The smallest absolute Gasteiger partial charge is 0.294 e. The Balaban J connectivity index is 3.35. The lowest BCUT2D eigenvalue weighted by Crippen LogP contribution is -2.01. The first-order valence-corrected chi connectivity index (χ1v) is 3.80. The predicted octanol–water partition coefficient (Wildman–Crippen LogP) is 2.00. The fraction of sp³-hybridized carbons (Fsp3) is 0.222. The minimum Gasteiger partial charge on any atom is -0.294 e. The molecule has 68 valence electrons. The molecule has 13 heavy (non-hydrogen) atoms. The number of nitrogens with zero attached hydrogens (tertiary/aromatic N) is 1. The average molecular weight is 180 g/mol. The summed E-state index contributed by atoms with van der Waals surface area (Å²) < 4.78 is 0. The molecule has 0 aromatic heterocycles. The number of Topliss-reactive ketones (excluding diaryl/α,β-unsaturated/α-hetero) is 1. The van der Waals surface area contributed by atoms with Crippen LogP contribution in [0, 0.1) is 11.8 Å². The van der Waals surface area contributed by atoms with Gasteiger partial charge in [0.15, 0.2) is 5.78 Å². The first kappa shape index (κ1) is 9.38. The van der Waals surface area contributed by atoms with Gasteiger partial charge in [-0.25, -0.2) is 5.21 Å². The largest absolute Gasteiger partial charge is 0.327 e. The van der Waals surface area contributed by atoms with Crippen molar-refractivity contribution in [1.82, 2.24) is 0 Å². The highest BCUT2D eigenvalue weighted by Gasteiger charge is 2.20. The molecule has 1 rings (SSSR count). The third kappa shape index (κ3) is 1.90. The van der Waals surface area contributed by atoms with E-state index in [2.05, 4.69) is 0 Å². The number of ketones is 1. The lowest BCUT2D eigenvalue weighted by Gasteiger charge is -1.95. The van der Waals surface area contributed by atoms with E-state index in [1.165, 1.54) is 19.1 Å². The minimum absolute atomic E-state index is 0.00694. The molecule has 0 aliphatic heterocycles. The minimum atomic E-state index is -0.288. The summed E-state index contributed by atoms with van der Waals surface area (Å²) in [4.78, 5) is 21.4. The van der Waals surface area contributed by atoms with Crippen molar-refractivity contribution in [3.05, 3.63) is 34.2 Å². The summed E-state index contributed by atoms with van der Waals surface area (Å²) in [6.07, 6.45) is 0. The molecule has 0 fully saturated rings. The van der Waals surface area contributed by atoms with Gasteiger partial charge < -0.3 is 0 Å². The molecule has 1 aromatic carbocycles. The van der Waals surface area contributed by atoms with Crippen LogP contribution in [-0.4, -0.2) is 15.9 Å². The fourth-order valence-electron chi connectivity index (χ4n) is 1.10. The number of rotatable bonds is 2. The highest BCUT2D eigenvalue weighted by molar-refractivity contribution is 5.98. The normalized spacial score (nSPS) is 9.69. The lowest BCUT2D eigenvalue weighted by atomic mass is 10.1. The van der Waals surface area contributed by atoms with Crippen LogP contribution in [-0.2, 0) is 0 Å². The van der Waals surface area contributed by atoms with Gasteiger partial charge in [-0.2, -0.15) is 0 Å². The van der Waals surface area contributed by atoms with Crippen LogP contribution in [0.25, 0.3) is 0 Å². The Hall–Kier alpha value is -1.71. The van der Waals surface area contributed by atoms with Gasteiger partial charge in [-0.1, -0.05) is 6.07 Å². The Morgan fingerprint density at radius 3 is 2.54 bits per heavy atom. The van der Waals surface area contributed by atoms with Gasteiger partial charge in [0.25, 0.3) is 4.92 Å². The van der Waals surface area contributed by atoms with Crippen LogP contribution in [0.2, 0.25) is 0 Å². The molecule has 0 heterocycles. The summed E-state index contributed by atoms with van der Waals surface area (Å²) in [5, 5.41) is 8.70. The molecule has 0 aliphatic carbocycles. The maximum Gasteiger partial charge on any atom is 0.327 e. The monoisotopic (exact) mass is 180 g/mol. The number of carbonyl (C=O) groups excluding carboxylic acids is 1. The summed E-state index contributed by atoms with van der Waals surface area (Å²) in [7, 11) is 0. The van der Waals surface area contributed by atoms with Gasteiger partial charge >= 0.3 is 5.69 Å². The highest BCUT2D eigenvalue weighted by atomic mass is 16.6. The van der Waals surface area contributed by atoms with E-state index >= 15 is 0 Å². The maximum atomic E-state index is 11.0. The molecule has 0 amide bonds. The maximum absolute atomic E-state index is 11.0. The molecule has 1 aromatic rings. The average Bonchev–Trinajstić information content (AvgIpc) is 2.03. The summed E-state index contributed by atoms with van der Waals surface area (Å²) >= 11 is 0. The Labute approximate surface area is 75.3 Å². The van der Waals surface area contributed by atoms with Crippen LogP contribution in [0.3, 0.4) is 0 Å². The molecule has 4 heteroatoms. The molecular weight excluding hydrogens is 170 g/mol. The molecule has 0 unspecified atom stereocenters. The molecule has 0 saturated heterocycles. The van der Waals surface area contributed by atoms with E-state index in [9.17, 15) is 9.70 Å². The van der Waals surface area contributed by atoms with Gasteiger partial charge in [0.05, 0.1) is 10.5 Å². The second-order valence-corrected chi connectivity index (χ2v) is 2.85. The van der Waals surface area contributed by atoms with E-state index in [1.54, 1.807) is 13.0 Å². The summed E-state index contributed by atoms with van der Waals surface area (Å²) in [5.74, 6) is -0.245. The fourth-order valence-corrected chi connectivity index (χ4v) is 1.10. The van der Waals surface area contributed by atoms with Crippen molar-refractivity contribution in [2.24, 2.45) is 0 Å². The molecule has 0 radical (unpaired) electrons. The van der Waals surface area contributed by atoms with E-state index in [0.29, 0.717) is 0 Å². The molecular formula is C9H10NO3+. The molecule has 1 N–H and O–H groups in total. The van der Waals surface area contributed by atoms with Gasteiger partial charge in [0.1, 0.15) is 0 Å². The molecule has 0 aliphatic rings. The van der Waals surface area contributed by atoms with Gasteiger partial charge in [0, 0.05) is 6.07 Å². The Morgan fingerprint density at radius 1 is 1.46 bits per heavy atom. The molecule has 0 bridgehead atoms.